The van der Waals surface area contributed by atoms with Crippen LogP contribution in [0.25, 0.3) is 0 Å². The molecule has 1 unspecified atom stereocenters. The minimum Gasteiger partial charge on any atom is -0.469 e. The average Bonchev–Trinajstić information content (AvgIpc) is 2.79. The summed E-state index contributed by atoms with van der Waals surface area (Å²) in [5.41, 5.74) is 1.17. The molecule has 0 aliphatic rings. The number of hydrogen-bond acceptors (Lipinski definition) is 2. The van der Waals surface area contributed by atoms with E-state index in [0.29, 0.717) is 0 Å². The number of benzene rings is 1. The van der Waals surface area contributed by atoms with E-state index in [9.17, 15) is 0 Å². The highest BCUT2D eigenvalue weighted by atomic mass is 79.9. The lowest BCUT2D eigenvalue weighted by molar-refractivity contribution is 0.465. The molecule has 90 valence electrons. The van der Waals surface area contributed by atoms with Crippen molar-refractivity contribution in [2.75, 3.05) is 7.05 Å². The van der Waals surface area contributed by atoms with Gasteiger partial charge in [0.1, 0.15) is 5.76 Å². The lowest BCUT2D eigenvalue weighted by atomic mass is 10.0. The van der Waals surface area contributed by atoms with Gasteiger partial charge in [-0.2, -0.15) is 0 Å². The maximum atomic E-state index is 5.94. The Bertz CT molecular complexity index is 484. The Morgan fingerprint density at radius 3 is 2.82 bits per heavy atom. The highest BCUT2D eigenvalue weighted by Gasteiger charge is 2.14. The van der Waals surface area contributed by atoms with Crippen molar-refractivity contribution >= 4 is 27.5 Å². The van der Waals surface area contributed by atoms with Crippen molar-refractivity contribution in [3.05, 3.63) is 57.4 Å². The Kier molecular flexibility index (Phi) is 4.26. The summed E-state index contributed by atoms with van der Waals surface area (Å²) in [6, 6.07) is 9.91. The van der Waals surface area contributed by atoms with E-state index < -0.39 is 0 Å². The van der Waals surface area contributed by atoms with Gasteiger partial charge in [0.05, 0.1) is 6.26 Å². The Morgan fingerprint density at radius 2 is 2.24 bits per heavy atom. The molecular weight excluding hydrogens is 302 g/mol. The molecule has 0 saturated carbocycles. The van der Waals surface area contributed by atoms with Crippen molar-refractivity contribution in [2.24, 2.45) is 0 Å². The molecule has 1 N–H and O–H groups in total. The fourth-order valence-corrected chi connectivity index (χ4v) is 2.74. The van der Waals surface area contributed by atoms with Gasteiger partial charge in [-0.25, -0.2) is 0 Å². The Hall–Kier alpha value is -0.770. The van der Waals surface area contributed by atoms with Crippen LogP contribution < -0.4 is 5.32 Å². The predicted octanol–water partition coefficient (Wildman–Crippen LogP) is 4.20. The molecule has 1 atom stereocenters. The van der Waals surface area contributed by atoms with Gasteiger partial charge in [0.25, 0.3) is 0 Å². The number of hydrogen-bond donors (Lipinski definition) is 1. The maximum absolute atomic E-state index is 5.94. The van der Waals surface area contributed by atoms with E-state index in [2.05, 4.69) is 21.2 Å². The molecule has 4 heteroatoms. The molecule has 2 rings (SSSR count). The molecular formula is C13H13BrClNO. The van der Waals surface area contributed by atoms with Crippen molar-refractivity contribution in [1.29, 1.82) is 0 Å². The summed E-state index contributed by atoms with van der Waals surface area (Å²) in [6.45, 7) is 0. The van der Waals surface area contributed by atoms with Crippen molar-refractivity contribution in [3.8, 4) is 0 Å². The second-order valence-electron chi connectivity index (χ2n) is 3.79. The third kappa shape index (κ3) is 3.12. The number of rotatable bonds is 4. The van der Waals surface area contributed by atoms with Gasteiger partial charge in [-0.05, 0) is 36.9 Å². The SMILES string of the molecule is CNC(Cc1ccco1)c1ccc(Cl)cc1Br. The van der Waals surface area contributed by atoms with E-state index in [1.54, 1.807) is 6.26 Å². The van der Waals surface area contributed by atoms with Gasteiger partial charge >= 0.3 is 0 Å². The average molecular weight is 315 g/mol. The fraction of sp³-hybridized carbons (Fsp3) is 0.231. The van der Waals surface area contributed by atoms with Crippen LogP contribution in [0, 0.1) is 0 Å². The highest BCUT2D eigenvalue weighted by Crippen LogP contribution is 2.28. The topological polar surface area (TPSA) is 25.2 Å². The minimum absolute atomic E-state index is 0.202. The van der Waals surface area contributed by atoms with E-state index >= 15 is 0 Å². The Labute approximate surface area is 114 Å². The summed E-state index contributed by atoms with van der Waals surface area (Å²) >= 11 is 9.48. The van der Waals surface area contributed by atoms with Gasteiger partial charge in [-0.1, -0.05) is 33.6 Å². The molecule has 0 spiro atoms. The smallest absolute Gasteiger partial charge is 0.105 e. The standard InChI is InChI=1S/C13H13BrClNO/c1-16-13(8-10-3-2-6-17-10)11-5-4-9(15)7-12(11)14/h2-7,13,16H,8H2,1H3. The van der Waals surface area contributed by atoms with Crippen LogP contribution in [-0.4, -0.2) is 7.05 Å². The lowest BCUT2D eigenvalue weighted by Gasteiger charge is -2.17. The molecule has 1 heterocycles. The third-order valence-corrected chi connectivity index (χ3v) is 3.59. The van der Waals surface area contributed by atoms with Crippen molar-refractivity contribution in [2.45, 2.75) is 12.5 Å². The first-order chi connectivity index (χ1) is 8.20. The zero-order valence-corrected chi connectivity index (χ0v) is 11.8. The van der Waals surface area contributed by atoms with Gasteiger partial charge in [0.15, 0.2) is 0 Å². The van der Waals surface area contributed by atoms with E-state index in [1.165, 1.54) is 5.56 Å². The van der Waals surface area contributed by atoms with E-state index in [1.807, 2.05) is 37.4 Å². The molecule has 0 radical (unpaired) electrons. The van der Waals surface area contributed by atoms with Crippen LogP contribution in [0.15, 0.2) is 45.5 Å². The summed E-state index contributed by atoms with van der Waals surface area (Å²) in [4.78, 5) is 0. The lowest BCUT2D eigenvalue weighted by Crippen LogP contribution is -2.19. The molecule has 2 aromatic rings. The summed E-state index contributed by atoms with van der Waals surface area (Å²) < 4.78 is 6.38. The number of furan rings is 1. The molecule has 0 amide bonds. The van der Waals surface area contributed by atoms with Crippen LogP contribution in [0.5, 0.6) is 0 Å². The van der Waals surface area contributed by atoms with Crippen LogP contribution in [0.3, 0.4) is 0 Å². The first kappa shape index (κ1) is 12.7. The number of halogens is 2. The third-order valence-electron chi connectivity index (χ3n) is 2.67. The molecule has 0 aliphatic carbocycles. The fourth-order valence-electron chi connectivity index (χ4n) is 1.78. The second-order valence-corrected chi connectivity index (χ2v) is 5.08. The first-order valence-electron chi connectivity index (χ1n) is 5.35. The molecule has 1 aromatic heterocycles. The van der Waals surface area contributed by atoms with Crippen molar-refractivity contribution in [1.82, 2.24) is 5.32 Å². The largest absolute Gasteiger partial charge is 0.469 e. The molecule has 0 bridgehead atoms. The number of likely N-dealkylation sites (N-methyl/N-ethyl adjacent to an activating group) is 1. The van der Waals surface area contributed by atoms with Crippen LogP contribution >= 0.6 is 27.5 Å². The Morgan fingerprint density at radius 1 is 1.41 bits per heavy atom. The quantitative estimate of drug-likeness (QED) is 0.915. The zero-order chi connectivity index (χ0) is 12.3. The van der Waals surface area contributed by atoms with Crippen LogP contribution in [0.4, 0.5) is 0 Å². The van der Waals surface area contributed by atoms with E-state index in [0.717, 1.165) is 21.7 Å². The molecule has 0 saturated heterocycles. The van der Waals surface area contributed by atoms with Crippen LogP contribution in [0.2, 0.25) is 5.02 Å². The zero-order valence-electron chi connectivity index (χ0n) is 9.41. The van der Waals surface area contributed by atoms with Gasteiger partial charge < -0.3 is 9.73 Å². The summed E-state index contributed by atoms with van der Waals surface area (Å²) in [5.74, 6) is 0.964. The molecule has 1 aromatic carbocycles. The molecule has 0 aliphatic heterocycles. The molecule has 17 heavy (non-hydrogen) atoms. The van der Waals surface area contributed by atoms with Crippen molar-refractivity contribution in [3.63, 3.8) is 0 Å². The minimum atomic E-state index is 0.202. The normalized spacial score (nSPS) is 12.6. The highest BCUT2D eigenvalue weighted by molar-refractivity contribution is 9.10. The van der Waals surface area contributed by atoms with Crippen LogP contribution in [-0.2, 0) is 6.42 Å². The summed E-state index contributed by atoms with van der Waals surface area (Å²) in [5, 5.41) is 4.01. The van der Waals surface area contributed by atoms with Gasteiger partial charge in [-0.15, -0.1) is 0 Å². The molecule has 0 fully saturated rings. The first-order valence-corrected chi connectivity index (χ1v) is 6.52. The predicted molar refractivity (Wildman–Crippen MR) is 73.4 cm³/mol. The van der Waals surface area contributed by atoms with Crippen LogP contribution in [0.1, 0.15) is 17.4 Å². The number of nitrogens with one attached hydrogen (secondary N) is 1. The maximum Gasteiger partial charge on any atom is 0.105 e. The van der Waals surface area contributed by atoms with E-state index in [-0.39, 0.29) is 6.04 Å². The molecule has 2 nitrogen and oxygen atoms in total. The van der Waals surface area contributed by atoms with Gasteiger partial charge in [0, 0.05) is 22.0 Å². The monoisotopic (exact) mass is 313 g/mol. The summed E-state index contributed by atoms with van der Waals surface area (Å²) in [7, 11) is 1.94. The Balaban J connectivity index is 2.23. The van der Waals surface area contributed by atoms with E-state index in [4.69, 9.17) is 16.0 Å². The summed E-state index contributed by atoms with van der Waals surface area (Å²) in [6.07, 6.45) is 2.50. The van der Waals surface area contributed by atoms with Gasteiger partial charge in [0.2, 0.25) is 0 Å². The second kappa shape index (κ2) is 5.71. The van der Waals surface area contributed by atoms with Crippen molar-refractivity contribution < 1.29 is 4.42 Å². The van der Waals surface area contributed by atoms with Gasteiger partial charge in [-0.3, -0.25) is 0 Å².